The Hall–Kier alpha value is -1.74. The summed E-state index contributed by atoms with van der Waals surface area (Å²) < 4.78 is 4.51. The third-order valence-corrected chi connectivity index (χ3v) is 3.70. The summed E-state index contributed by atoms with van der Waals surface area (Å²) in [4.78, 5) is 0. The van der Waals surface area contributed by atoms with Gasteiger partial charge in [0.1, 0.15) is 0 Å². The third-order valence-electron chi connectivity index (χ3n) is 2.59. The molecular weight excluding hydrogens is 224 g/mol. The highest BCUT2D eigenvalue weighted by Crippen LogP contribution is 2.14. The molecule has 2 aromatic carbocycles. The molecule has 0 unspecified atom stereocenters. The van der Waals surface area contributed by atoms with Crippen molar-refractivity contribution in [3.63, 3.8) is 0 Å². The van der Waals surface area contributed by atoms with Gasteiger partial charge in [-0.15, -0.1) is 0 Å². The van der Waals surface area contributed by atoms with Crippen LogP contribution in [0.2, 0.25) is 0 Å². The Morgan fingerprint density at radius 3 is 1.35 bits per heavy atom. The minimum atomic E-state index is 0.601. The first-order chi connectivity index (χ1) is 8.27. The zero-order chi connectivity index (χ0) is 12.1. The topological polar surface area (TPSA) is 6.48 Å². The summed E-state index contributed by atoms with van der Waals surface area (Å²) in [7, 11) is 4.84. The van der Waals surface area contributed by atoms with E-state index in [4.69, 9.17) is 0 Å². The predicted octanol–water partition coefficient (Wildman–Crippen LogP) is 2.79. The SMILES string of the molecule is CN([Si]N(C)c1ccccc1)c1ccccc1. The maximum Gasteiger partial charge on any atom is 0.332 e. The molecule has 2 nitrogen and oxygen atoms in total. The second kappa shape index (κ2) is 5.55. The second-order valence-electron chi connectivity index (χ2n) is 3.89. The van der Waals surface area contributed by atoms with Gasteiger partial charge in [0.25, 0.3) is 0 Å². The molecule has 0 amide bonds. The number of rotatable bonds is 4. The number of hydrogen-bond donors (Lipinski definition) is 0. The van der Waals surface area contributed by atoms with Gasteiger partial charge in [0.2, 0.25) is 0 Å². The predicted molar refractivity (Wildman–Crippen MR) is 75.4 cm³/mol. The quantitative estimate of drug-likeness (QED) is 0.758. The van der Waals surface area contributed by atoms with Gasteiger partial charge in [-0.2, -0.15) is 0 Å². The van der Waals surface area contributed by atoms with E-state index in [1.807, 2.05) is 12.1 Å². The molecule has 0 aromatic heterocycles. The molecule has 0 aliphatic rings. The molecule has 2 radical (unpaired) electrons. The van der Waals surface area contributed by atoms with Crippen LogP contribution in [0.5, 0.6) is 0 Å². The van der Waals surface area contributed by atoms with Gasteiger partial charge < -0.3 is 9.13 Å². The van der Waals surface area contributed by atoms with E-state index in [-0.39, 0.29) is 0 Å². The molecule has 17 heavy (non-hydrogen) atoms. The molecule has 3 heteroatoms. The van der Waals surface area contributed by atoms with Gasteiger partial charge in [0.05, 0.1) is 0 Å². The molecular formula is C14H16N2Si. The number of hydrogen-bond acceptors (Lipinski definition) is 2. The van der Waals surface area contributed by atoms with E-state index in [1.165, 1.54) is 11.4 Å². The summed E-state index contributed by atoms with van der Waals surface area (Å²) in [5.41, 5.74) is 2.49. The summed E-state index contributed by atoms with van der Waals surface area (Å²) in [6, 6.07) is 20.9. The molecule has 0 aliphatic heterocycles. The zero-order valence-electron chi connectivity index (χ0n) is 10.2. The van der Waals surface area contributed by atoms with E-state index in [2.05, 4.69) is 71.8 Å². The first-order valence-corrected chi connectivity index (χ1v) is 6.50. The molecule has 0 aliphatic carbocycles. The van der Waals surface area contributed by atoms with E-state index in [0.29, 0.717) is 9.84 Å². The number of nitrogens with zero attached hydrogens (tertiary/aromatic N) is 2. The third kappa shape index (κ3) is 3.11. The lowest BCUT2D eigenvalue weighted by Gasteiger charge is -2.25. The van der Waals surface area contributed by atoms with Crippen LogP contribution in [0.25, 0.3) is 0 Å². The van der Waals surface area contributed by atoms with E-state index >= 15 is 0 Å². The van der Waals surface area contributed by atoms with Gasteiger partial charge in [-0.05, 0) is 38.4 Å². The molecule has 86 valence electrons. The minimum Gasteiger partial charge on any atom is -0.383 e. The lowest BCUT2D eigenvalue weighted by atomic mass is 10.3. The van der Waals surface area contributed by atoms with E-state index < -0.39 is 0 Å². The minimum absolute atomic E-state index is 0.601. The highest BCUT2D eigenvalue weighted by Gasteiger charge is 2.07. The summed E-state index contributed by atoms with van der Waals surface area (Å²) in [5.74, 6) is 0. The largest absolute Gasteiger partial charge is 0.383 e. The highest BCUT2D eigenvalue weighted by molar-refractivity contribution is 6.46. The van der Waals surface area contributed by atoms with Crippen molar-refractivity contribution in [2.45, 2.75) is 0 Å². The van der Waals surface area contributed by atoms with Crippen LogP contribution in [0.1, 0.15) is 0 Å². The number of anilines is 2. The van der Waals surface area contributed by atoms with Crippen LogP contribution in [-0.2, 0) is 0 Å². The van der Waals surface area contributed by atoms with Crippen LogP contribution in [0, 0.1) is 0 Å². The van der Waals surface area contributed by atoms with Gasteiger partial charge in [-0.1, -0.05) is 36.4 Å². The van der Waals surface area contributed by atoms with Gasteiger partial charge in [0, 0.05) is 11.4 Å². The van der Waals surface area contributed by atoms with Crippen molar-refractivity contribution in [3.05, 3.63) is 60.7 Å². The van der Waals surface area contributed by atoms with Crippen LogP contribution in [0.3, 0.4) is 0 Å². The van der Waals surface area contributed by atoms with Crippen molar-refractivity contribution in [3.8, 4) is 0 Å². The second-order valence-corrected chi connectivity index (χ2v) is 5.43. The number of benzene rings is 2. The van der Waals surface area contributed by atoms with Gasteiger partial charge >= 0.3 is 9.84 Å². The van der Waals surface area contributed by atoms with Crippen molar-refractivity contribution in [1.29, 1.82) is 0 Å². The van der Waals surface area contributed by atoms with Crippen LogP contribution in [0.15, 0.2) is 60.7 Å². The normalized spacial score (nSPS) is 10.0. The Labute approximate surface area is 105 Å². The van der Waals surface area contributed by atoms with Gasteiger partial charge in [-0.25, -0.2) is 0 Å². The molecule has 0 fully saturated rings. The fourth-order valence-electron chi connectivity index (χ4n) is 1.64. The van der Waals surface area contributed by atoms with E-state index in [9.17, 15) is 0 Å². The fraction of sp³-hybridized carbons (Fsp3) is 0.143. The van der Waals surface area contributed by atoms with E-state index in [0.717, 1.165) is 0 Å². The first kappa shape index (κ1) is 11.7. The Morgan fingerprint density at radius 1 is 0.647 bits per heavy atom. The van der Waals surface area contributed by atoms with Crippen LogP contribution in [-0.4, -0.2) is 23.9 Å². The lowest BCUT2D eigenvalue weighted by Crippen LogP contribution is -2.37. The van der Waals surface area contributed by atoms with Gasteiger partial charge in [0.15, 0.2) is 0 Å². The average Bonchev–Trinajstić information content (AvgIpc) is 2.40. The molecule has 0 spiro atoms. The summed E-state index contributed by atoms with van der Waals surface area (Å²) in [5, 5.41) is 0. The first-order valence-electron chi connectivity index (χ1n) is 5.61. The van der Waals surface area contributed by atoms with E-state index in [1.54, 1.807) is 0 Å². The molecule has 2 rings (SSSR count). The van der Waals surface area contributed by atoms with Crippen molar-refractivity contribution >= 4 is 21.2 Å². The Balaban J connectivity index is 2.02. The molecule has 0 atom stereocenters. The maximum absolute atomic E-state index is 2.26. The van der Waals surface area contributed by atoms with Crippen molar-refractivity contribution < 1.29 is 0 Å². The zero-order valence-corrected chi connectivity index (χ0v) is 11.2. The average molecular weight is 240 g/mol. The smallest absolute Gasteiger partial charge is 0.332 e. The standard InChI is InChI=1S/C14H16N2Si/c1-15(13-9-5-3-6-10-13)17-16(2)14-11-7-4-8-12-14/h3-12H,1-2H3. The molecule has 0 saturated carbocycles. The molecule has 0 bridgehead atoms. The molecule has 0 saturated heterocycles. The Morgan fingerprint density at radius 2 is 1.00 bits per heavy atom. The maximum atomic E-state index is 2.26. The summed E-state index contributed by atoms with van der Waals surface area (Å²) >= 11 is 0. The van der Waals surface area contributed by atoms with Crippen molar-refractivity contribution in [1.82, 2.24) is 0 Å². The number of para-hydroxylation sites is 2. The van der Waals surface area contributed by atoms with Crippen LogP contribution in [0.4, 0.5) is 11.4 Å². The molecule has 2 aromatic rings. The summed E-state index contributed by atoms with van der Waals surface area (Å²) in [6.45, 7) is 0. The molecule has 0 heterocycles. The van der Waals surface area contributed by atoms with Crippen molar-refractivity contribution in [2.75, 3.05) is 23.2 Å². The van der Waals surface area contributed by atoms with Gasteiger partial charge in [-0.3, -0.25) is 0 Å². The lowest BCUT2D eigenvalue weighted by molar-refractivity contribution is 1.23. The monoisotopic (exact) mass is 240 g/mol. The fourth-order valence-corrected chi connectivity index (χ4v) is 2.62. The summed E-state index contributed by atoms with van der Waals surface area (Å²) in [6.07, 6.45) is 0. The highest BCUT2D eigenvalue weighted by atomic mass is 28.2. The Bertz CT molecular complexity index is 401. The Kier molecular flexibility index (Phi) is 3.83. The van der Waals surface area contributed by atoms with Crippen molar-refractivity contribution in [2.24, 2.45) is 0 Å². The van der Waals surface area contributed by atoms with Crippen LogP contribution < -0.4 is 9.13 Å². The van der Waals surface area contributed by atoms with Crippen LogP contribution >= 0.6 is 0 Å². The molecule has 0 N–H and O–H groups in total.